The van der Waals surface area contributed by atoms with Gasteiger partial charge in [-0.1, -0.05) is 0 Å². The van der Waals surface area contributed by atoms with Gasteiger partial charge in [0.2, 0.25) is 0 Å². The van der Waals surface area contributed by atoms with Gasteiger partial charge >= 0.3 is 5.97 Å². The van der Waals surface area contributed by atoms with Crippen molar-refractivity contribution in [1.29, 1.82) is 0 Å². The third-order valence-electron chi connectivity index (χ3n) is 2.96. The minimum Gasteiger partial charge on any atom is -0.496 e. The lowest BCUT2D eigenvalue weighted by atomic mass is 10.1. The van der Waals surface area contributed by atoms with Crippen molar-refractivity contribution in [3.8, 4) is 23.1 Å². The van der Waals surface area contributed by atoms with Gasteiger partial charge in [-0.05, 0) is 0 Å². The predicted molar refractivity (Wildman–Crippen MR) is 78.2 cm³/mol. The zero-order valence-corrected chi connectivity index (χ0v) is 12.7. The SMILES string of the molecule is COc1cc(OC)c(C(=O)Oc2nc[nH]c2C(N)=O)c(OC)c1. The van der Waals surface area contributed by atoms with Crippen LogP contribution in [0.4, 0.5) is 0 Å². The Labute approximate surface area is 131 Å². The van der Waals surface area contributed by atoms with E-state index in [9.17, 15) is 9.59 Å². The lowest BCUT2D eigenvalue weighted by Gasteiger charge is -2.13. The maximum atomic E-state index is 12.4. The lowest BCUT2D eigenvalue weighted by molar-refractivity contribution is 0.0718. The number of nitrogens with one attached hydrogen (secondary N) is 1. The quantitative estimate of drug-likeness (QED) is 0.752. The summed E-state index contributed by atoms with van der Waals surface area (Å²) in [6.07, 6.45) is 1.19. The first-order valence-corrected chi connectivity index (χ1v) is 6.37. The summed E-state index contributed by atoms with van der Waals surface area (Å²) in [5.41, 5.74) is 5.06. The molecular formula is C14H15N3O6. The Hall–Kier alpha value is -3.23. The number of H-pyrrole nitrogens is 1. The maximum absolute atomic E-state index is 12.4. The van der Waals surface area contributed by atoms with Gasteiger partial charge in [0.05, 0.1) is 27.7 Å². The number of benzene rings is 1. The van der Waals surface area contributed by atoms with Crippen LogP contribution in [0.15, 0.2) is 18.5 Å². The molecule has 0 spiro atoms. The molecule has 0 radical (unpaired) electrons. The van der Waals surface area contributed by atoms with Crippen molar-refractivity contribution in [2.75, 3.05) is 21.3 Å². The monoisotopic (exact) mass is 321 g/mol. The molecule has 0 aliphatic carbocycles. The molecule has 0 saturated carbocycles. The lowest BCUT2D eigenvalue weighted by Crippen LogP contribution is -2.17. The number of aromatic amines is 1. The second-order valence-corrected chi connectivity index (χ2v) is 4.24. The van der Waals surface area contributed by atoms with E-state index in [0.717, 1.165) is 0 Å². The van der Waals surface area contributed by atoms with Crippen LogP contribution in [0.3, 0.4) is 0 Å². The van der Waals surface area contributed by atoms with Gasteiger partial charge in [-0.2, -0.15) is 0 Å². The number of esters is 1. The van der Waals surface area contributed by atoms with E-state index in [1.54, 1.807) is 0 Å². The summed E-state index contributed by atoms with van der Waals surface area (Å²) in [5.74, 6) is -1.06. The number of carbonyl (C=O) groups excluding carboxylic acids is 2. The van der Waals surface area contributed by atoms with E-state index in [1.807, 2.05) is 0 Å². The molecule has 23 heavy (non-hydrogen) atoms. The fourth-order valence-electron chi connectivity index (χ4n) is 1.88. The van der Waals surface area contributed by atoms with Crippen molar-refractivity contribution in [3.63, 3.8) is 0 Å². The average molecular weight is 321 g/mol. The molecule has 0 atom stereocenters. The molecule has 122 valence electrons. The fourth-order valence-corrected chi connectivity index (χ4v) is 1.88. The summed E-state index contributed by atoms with van der Waals surface area (Å²) in [6.45, 7) is 0. The molecule has 0 fully saturated rings. The number of hydrogen-bond acceptors (Lipinski definition) is 7. The second-order valence-electron chi connectivity index (χ2n) is 4.24. The molecule has 2 rings (SSSR count). The molecule has 0 aliphatic rings. The van der Waals surface area contributed by atoms with Gasteiger partial charge in [0, 0.05) is 12.1 Å². The van der Waals surface area contributed by atoms with Crippen molar-refractivity contribution >= 4 is 11.9 Å². The van der Waals surface area contributed by atoms with Gasteiger partial charge in [-0.25, -0.2) is 9.78 Å². The highest BCUT2D eigenvalue weighted by Gasteiger charge is 2.25. The summed E-state index contributed by atoms with van der Waals surface area (Å²) < 4.78 is 20.5. The molecule has 1 amide bonds. The highest BCUT2D eigenvalue weighted by molar-refractivity contribution is 5.99. The zero-order valence-electron chi connectivity index (χ0n) is 12.7. The Morgan fingerprint density at radius 2 is 1.70 bits per heavy atom. The Morgan fingerprint density at radius 3 is 2.17 bits per heavy atom. The Morgan fingerprint density at radius 1 is 1.09 bits per heavy atom. The number of methoxy groups -OCH3 is 3. The number of nitrogens with two attached hydrogens (primary N) is 1. The number of primary amides is 1. The number of hydrogen-bond donors (Lipinski definition) is 2. The van der Waals surface area contributed by atoms with Crippen molar-refractivity contribution in [3.05, 3.63) is 29.7 Å². The summed E-state index contributed by atoms with van der Waals surface area (Å²) in [5, 5.41) is 0. The molecule has 0 unspecified atom stereocenters. The molecule has 2 aromatic rings. The van der Waals surface area contributed by atoms with Gasteiger partial charge in [0.1, 0.15) is 22.8 Å². The summed E-state index contributed by atoms with van der Waals surface area (Å²) in [4.78, 5) is 29.9. The molecule has 1 aromatic heterocycles. The molecule has 9 nitrogen and oxygen atoms in total. The van der Waals surface area contributed by atoms with Crippen LogP contribution >= 0.6 is 0 Å². The molecular weight excluding hydrogens is 306 g/mol. The van der Waals surface area contributed by atoms with Crippen LogP contribution < -0.4 is 24.7 Å². The van der Waals surface area contributed by atoms with E-state index < -0.39 is 11.9 Å². The smallest absolute Gasteiger partial charge is 0.352 e. The third-order valence-corrected chi connectivity index (χ3v) is 2.96. The number of ether oxygens (including phenoxy) is 4. The number of amides is 1. The molecule has 1 heterocycles. The first kappa shape index (κ1) is 16.1. The van der Waals surface area contributed by atoms with Gasteiger partial charge in [-0.3, -0.25) is 4.79 Å². The van der Waals surface area contributed by atoms with Crippen molar-refractivity contribution in [2.45, 2.75) is 0 Å². The van der Waals surface area contributed by atoms with Crippen LogP contribution in [0.2, 0.25) is 0 Å². The number of nitrogens with zero attached hydrogens (tertiary/aromatic N) is 1. The standard InChI is InChI=1S/C14H15N3O6/c1-20-7-4-8(21-2)10(9(5-7)22-3)14(19)23-13-11(12(15)18)16-6-17-13/h4-6H,1-3H3,(H2,15,18)(H,16,17). The molecule has 1 aromatic carbocycles. The minimum absolute atomic E-state index is 0.0224. The number of imidazole rings is 1. The van der Waals surface area contributed by atoms with E-state index in [2.05, 4.69) is 9.97 Å². The normalized spacial score (nSPS) is 10.0. The molecule has 0 bridgehead atoms. The van der Waals surface area contributed by atoms with E-state index >= 15 is 0 Å². The van der Waals surface area contributed by atoms with Gasteiger partial charge in [-0.15, -0.1) is 0 Å². The molecule has 0 aliphatic heterocycles. The van der Waals surface area contributed by atoms with Crippen LogP contribution in [0.1, 0.15) is 20.8 Å². The van der Waals surface area contributed by atoms with E-state index in [1.165, 1.54) is 39.8 Å². The van der Waals surface area contributed by atoms with Crippen LogP contribution in [0, 0.1) is 0 Å². The van der Waals surface area contributed by atoms with Gasteiger partial charge in [0.25, 0.3) is 11.8 Å². The first-order valence-electron chi connectivity index (χ1n) is 6.37. The summed E-state index contributed by atoms with van der Waals surface area (Å²) in [6, 6.07) is 3.00. The molecule has 3 N–H and O–H groups in total. The third kappa shape index (κ3) is 3.18. The molecule has 0 saturated heterocycles. The Bertz CT molecular complexity index is 715. The highest BCUT2D eigenvalue weighted by Crippen LogP contribution is 2.34. The van der Waals surface area contributed by atoms with Gasteiger partial charge in [0.15, 0.2) is 5.69 Å². The van der Waals surface area contributed by atoms with Crippen LogP contribution in [-0.2, 0) is 0 Å². The van der Waals surface area contributed by atoms with Gasteiger partial charge < -0.3 is 29.7 Å². The Balaban J connectivity index is 2.42. The fraction of sp³-hybridized carbons (Fsp3) is 0.214. The number of aromatic nitrogens is 2. The van der Waals surface area contributed by atoms with Crippen molar-refractivity contribution in [1.82, 2.24) is 9.97 Å². The minimum atomic E-state index is -0.823. The Kier molecular flexibility index (Phi) is 4.69. The number of carbonyl (C=O) groups is 2. The topological polar surface area (TPSA) is 126 Å². The number of rotatable bonds is 6. The van der Waals surface area contributed by atoms with Crippen LogP contribution in [0.5, 0.6) is 23.1 Å². The maximum Gasteiger partial charge on any atom is 0.352 e. The first-order chi connectivity index (χ1) is 11.0. The van der Waals surface area contributed by atoms with E-state index in [4.69, 9.17) is 24.7 Å². The molecule has 9 heteroatoms. The van der Waals surface area contributed by atoms with Crippen LogP contribution in [-0.4, -0.2) is 43.2 Å². The zero-order chi connectivity index (χ0) is 17.0. The van der Waals surface area contributed by atoms with Crippen molar-refractivity contribution < 1.29 is 28.5 Å². The second kappa shape index (κ2) is 6.69. The largest absolute Gasteiger partial charge is 0.496 e. The summed E-state index contributed by atoms with van der Waals surface area (Å²) in [7, 11) is 4.23. The van der Waals surface area contributed by atoms with Crippen molar-refractivity contribution in [2.24, 2.45) is 5.73 Å². The van der Waals surface area contributed by atoms with Crippen LogP contribution in [0.25, 0.3) is 0 Å². The van der Waals surface area contributed by atoms with E-state index in [-0.39, 0.29) is 28.6 Å². The summed E-state index contributed by atoms with van der Waals surface area (Å²) >= 11 is 0. The van der Waals surface area contributed by atoms with E-state index in [0.29, 0.717) is 5.75 Å². The average Bonchev–Trinajstić information content (AvgIpc) is 3.01. The highest BCUT2D eigenvalue weighted by atomic mass is 16.5. The predicted octanol–water partition coefficient (Wildman–Crippen LogP) is 0.754.